The molecule has 1 aromatic heterocycles. The number of nitrogens with one attached hydrogen (secondary N) is 1. The number of halogens is 2. The summed E-state index contributed by atoms with van der Waals surface area (Å²) in [4.78, 5) is 28.6. The monoisotopic (exact) mass is 532 g/mol. The van der Waals surface area contributed by atoms with Crippen LogP contribution < -0.4 is 14.8 Å². The Kier molecular flexibility index (Phi) is 7.24. The molecule has 2 N–H and O–H groups in total. The van der Waals surface area contributed by atoms with Crippen molar-refractivity contribution in [2.24, 2.45) is 0 Å². The second-order valence-electron chi connectivity index (χ2n) is 8.69. The molecule has 7 nitrogen and oxygen atoms in total. The quantitative estimate of drug-likeness (QED) is 0.269. The number of carbonyl (C=O) groups excluding carboxylic acids is 1. The highest BCUT2D eigenvalue weighted by Gasteiger charge is 2.29. The molecule has 0 saturated carbocycles. The van der Waals surface area contributed by atoms with Crippen molar-refractivity contribution in [3.8, 4) is 28.5 Å². The second kappa shape index (κ2) is 10.9. The molecular formula is C29H22ClFN2O5. The Morgan fingerprint density at radius 3 is 2.50 bits per heavy atom. The second-order valence-corrected chi connectivity index (χ2v) is 9.10. The molecule has 5 rings (SSSR count). The summed E-state index contributed by atoms with van der Waals surface area (Å²) in [6, 6.07) is 20.2. The third-order valence-electron chi connectivity index (χ3n) is 6.17. The molecule has 3 aromatic carbocycles. The Morgan fingerprint density at radius 1 is 1.08 bits per heavy atom. The molecule has 9 heteroatoms. The predicted molar refractivity (Wildman–Crippen MR) is 141 cm³/mol. The maximum Gasteiger partial charge on any atom is 0.311 e. The van der Waals surface area contributed by atoms with Crippen LogP contribution in [0.2, 0.25) is 5.02 Å². The van der Waals surface area contributed by atoms with Gasteiger partial charge in [0.25, 0.3) is 5.91 Å². The van der Waals surface area contributed by atoms with Gasteiger partial charge in [0.05, 0.1) is 35.1 Å². The van der Waals surface area contributed by atoms with Gasteiger partial charge in [0, 0.05) is 22.8 Å². The van der Waals surface area contributed by atoms with Crippen molar-refractivity contribution in [3.05, 3.63) is 101 Å². The van der Waals surface area contributed by atoms with E-state index in [4.69, 9.17) is 21.1 Å². The van der Waals surface area contributed by atoms with Crippen LogP contribution in [0, 0.1) is 0 Å². The van der Waals surface area contributed by atoms with E-state index in [0.717, 1.165) is 5.56 Å². The number of benzene rings is 3. The van der Waals surface area contributed by atoms with E-state index in [-0.39, 0.29) is 10.9 Å². The van der Waals surface area contributed by atoms with E-state index in [0.29, 0.717) is 58.3 Å². The summed E-state index contributed by atoms with van der Waals surface area (Å²) in [5.74, 6) is -0.737. The molecule has 0 bridgehead atoms. The normalized spacial score (nSPS) is 14.2. The van der Waals surface area contributed by atoms with Gasteiger partial charge in [-0.15, -0.1) is 0 Å². The minimum Gasteiger partial charge on any atom is -0.493 e. The molecule has 1 aliphatic heterocycles. The summed E-state index contributed by atoms with van der Waals surface area (Å²) in [5, 5.41) is 12.5. The zero-order chi connectivity index (χ0) is 26.6. The molecule has 1 atom stereocenters. The average Bonchev–Trinajstić information content (AvgIpc) is 2.94. The molecule has 0 radical (unpaired) electrons. The number of fused-ring (bicyclic) bond motifs is 1. The fourth-order valence-corrected chi connectivity index (χ4v) is 4.34. The molecule has 1 unspecified atom stereocenters. The van der Waals surface area contributed by atoms with Crippen molar-refractivity contribution in [2.75, 3.05) is 11.9 Å². The maximum absolute atomic E-state index is 12.7. The summed E-state index contributed by atoms with van der Waals surface area (Å²) in [6.45, 7) is -0.224. The Labute approximate surface area is 222 Å². The summed E-state index contributed by atoms with van der Waals surface area (Å²) in [5.41, 5.74) is 3.61. The van der Waals surface area contributed by atoms with Crippen LogP contribution in [0.25, 0.3) is 11.3 Å². The smallest absolute Gasteiger partial charge is 0.311 e. The number of rotatable bonds is 7. The minimum atomic E-state index is -0.927. The average molecular weight is 533 g/mol. The Morgan fingerprint density at radius 2 is 1.84 bits per heavy atom. The van der Waals surface area contributed by atoms with E-state index in [2.05, 4.69) is 10.3 Å². The first-order valence-electron chi connectivity index (χ1n) is 11.8. The SMILES string of the molecule is O=C(Nc1ccc(-c2ccc(CF)cc2)nc1)c1ccc(Oc2cc3c(cc2Cl)C(C(=O)O)CCO3)cc1. The molecule has 192 valence electrons. The number of carbonyl (C=O) groups is 2. The van der Waals surface area contributed by atoms with Crippen molar-refractivity contribution in [2.45, 2.75) is 19.0 Å². The van der Waals surface area contributed by atoms with Gasteiger partial charge in [-0.25, -0.2) is 4.39 Å². The maximum atomic E-state index is 12.7. The summed E-state index contributed by atoms with van der Waals surface area (Å²) < 4.78 is 24.2. The largest absolute Gasteiger partial charge is 0.493 e. The Bertz CT molecular complexity index is 1480. The lowest BCUT2D eigenvalue weighted by Crippen LogP contribution is -2.20. The van der Waals surface area contributed by atoms with Crippen LogP contribution in [0.1, 0.15) is 33.8 Å². The lowest BCUT2D eigenvalue weighted by molar-refractivity contribution is -0.139. The number of carboxylic acids is 1. The van der Waals surface area contributed by atoms with Crippen molar-refractivity contribution < 1.29 is 28.6 Å². The number of pyridine rings is 1. The summed E-state index contributed by atoms with van der Waals surface area (Å²) in [6.07, 6.45) is 1.93. The van der Waals surface area contributed by atoms with Crippen molar-refractivity contribution in [1.82, 2.24) is 4.98 Å². The lowest BCUT2D eigenvalue weighted by Gasteiger charge is -2.24. The van der Waals surface area contributed by atoms with E-state index in [9.17, 15) is 19.1 Å². The number of ether oxygens (including phenoxy) is 2. The van der Waals surface area contributed by atoms with Crippen LogP contribution in [-0.4, -0.2) is 28.6 Å². The zero-order valence-corrected chi connectivity index (χ0v) is 20.7. The standard InChI is InChI=1S/C29H22ClFN2O5/c30-24-13-23-22(29(35)36)11-12-37-26(23)14-27(24)38-21-8-5-19(6-9-21)28(34)33-20-7-10-25(32-16-20)18-3-1-17(15-31)2-4-18/h1-10,13-14,16,22H,11-12,15H2,(H,33,34)(H,35,36). The van der Waals surface area contributed by atoms with E-state index >= 15 is 0 Å². The molecule has 0 spiro atoms. The lowest BCUT2D eigenvalue weighted by atomic mass is 9.93. The molecule has 0 fully saturated rings. The molecule has 38 heavy (non-hydrogen) atoms. The number of carboxylic acid groups (broad SMARTS) is 1. The van der Waals surface area contributed by atoms with E-state index in [1.165, 1.54) is 0 Å². The minimum absolute atomic E-state index is 0.261. The number of hydrogen-bond acceptors (Lipinski definition) is 5. The highest BCUT2D eigenvalue weighted by atomic mass is 35.5. The van der Waals surface area contributed by atoms with Gasteiger partial charge >= 0.3 is 5.97 Å². The summed E-state index contributed by atoms with van der Waals surface area (Å²) >= 11 is 6.36. The number of alkyl halides is 1. The Balaban J connectivity index is 1.24. The number of nitrogens with zero attached hydrogens (tertiary/aromatic N) is 1. The van der Waals surface area contributed by atoms with Gasteiger partial charge in [-0.05, 0) is 54.4 Å². The van der Waals surface area contributed by atoms with E-state index < -0.39 is 18.6 Å². The third-order valence-corrected chi connectivity index (χ3v) is 6.47. The van der Waals surface area contributed by atoms with Gasteiger partial charge in [-0.3, -0.25) is 14.6 Å². The first-order chi connectivity index (χ1) is 18.4. The van der Waals surface area contributed by atoms with Crippen LogP contribution in [0.5, 0.6) is 17.2 Å². The number of aromatic nitrogens is 1. The van der Waals surface area contributed by atoms with Crippen LogP contribution in [0.3, 0.4) is 0 Å². The molecule has 2 heterocycles. The number of aliphatic carboxylic acids is 1. The van der Waals surface area contributed by atoms with Crippen LogP contribution in [-0.2, 0) is 11.5 Å². The molecule has 4 aromatic rings. The molecule has 1 amide bonds. The van der Waals surface area contributed by atoms with Gasteiger partial charge < -0.3 is 19.9 Å². The third kappa shape index (κ3) is 5.45. The van der Waals surface area contributed by atoms with Gasteiger partial charge in [-0.2, -0.15) is 0 Å². The van der Waals surface area contributed by atoms with Crippen LogP contribution >= 0.6 is 11.6 Å². The van der Waals surface area contributed by atoms with Gasteiger partial charge in [0.2, 0.25) is 0 Å². The highest BCUT2D eigenvalue weighted by Crippen LogP contribution is 2.41. The zero-order valence-electron chi connectivity index (χ0n) is 20.0. The molecule has 1 aliphatic rings. The topological polar surface area (TPSA) is 97.8 Å². The van der Waals surface area contributed by atoms with Crippen molar-refractivity contribution in [1.29, 1.82) is 0 Å². The summed E-state index contributed by atoms with van der Waals surface area (Å²) in [7, 11) is 0. The fraction of sp³-hybridized carbons (Fsp3) is 0.138. The van der Waals surface area contributed by atoms with E-state index in [1.54, 1.807) is 79.0 Å². The molecule has 0 aliphatic carbocycles. The van der Waals surface area contributed by atoms with Gasteiger partial charge in [-0.1, -0.05) is 35.9 Å². The number of amides is 1. The number of hydrogen-bond donors (Lipinski definition) is 2. The van der Waals surface area contributed by atoms with Crippen LogP contribution in [0.15, 0.2) is 79.0 Å². The molecular weight excluding hydrogens is 511 g/mol. The number of anilines is 1. The predicted octanol–water partition coefficient (Wildman–Crippen LogP) is 6.87. The van der Waals surface area contributed by atoms with Crippen molar-refractivity contribution >= 4 is 29.2 Å². The first-order valence-corrected chi connectivity index (χ1v) is 12.2. The van der Waals surface area contributed by atoms with Gasteiger partial charge in [0.1, 0.15) is 23.9 Å². The Hall–Kier alpha value is -4.43. The van der Waals surface area contributed by atoms with Crippen LogP contribution in [0.4, 0.5) is 10.1 Å². The van der Waals surface area contributed by atoms with Crippen molar-refractivity contribution in [3.63, 3.8) is 0 Å². The first kappa shape index (κ1) is 25.2. The van der Waals surface area contributed by atoms with Gasteiger partial charge in [0.15, 0.2) is 0 Å². The fourth-order valence-electron chi connectivity index (χ4n) is 4.13. The van der Waals surface area contributed by atoms with E-state index in [1.807, 2.05) is 0 Å². The highest BCUT2D eigenvalue weighted by molar-refractivity contribution is 6.32. The molecule has 0 saturated heterocycles.